The molecule has 3 aromatic rings. The maximum Gasteiger partial charge on any atom is 0.118 e. The quantitative estimate of drug-likeness (QED) is 0.413. The SMILES string of the molecule is C1CCC1.C=C(c1ccc(OC)cc1)c1cc2cc(C)n(CCN3CCSCC3)c2s1. The van der Waals surface area contributed by atoms with Crippen LogP contribution in [0.2, 0.25) is 0 Å². The van der Waals surface area contributed by atoms with Crippen LogP contribution >= 0.6 is 23.1 Å². The van der Waals surface area contributed by atoms with Crippen LogP contribution in [-0.4, -0.2) is 47.7 Å². The second-order valence-corrected chi connectivity index (χ2v) is 10.6. The number of aromatic nitrogens is 1. The van der Waals surface area contributed by atoms with Crippen molar-refractivity contribution < 1.29 is 4.74 Å². The molecule has 1 aliphatic heterocycles. The molecule has 0 N–H and O–H groups in total. The molecule has 2 aromatic heterocycles. The number of methoxy groups -OCH3 is 1. The molecule has 2 aliphatic rings. The fourth-order valence-electron chi connectivity index (χ4n) is 3.85. The second kappa shape index (κ2) is 10.8. The Hall–Kier alpha value is -1.69. The van der Waals surface area contributed by atoms with Gasteiger partial charge in [0.2, 0.25) is 0 Å². The molecule has 0 unspecified atom stereocenters. The van der Waals surface area contributed by atoms with Crippen molar-refractivity contribution in [1.29, 1.82) is 0 Å². The highest BCUT2D eigenvalue weighted by atomic mass is 32.2. The van der Waals surface area contributed by atoms with Crippen molar-refractivity contribution in [1.82, 2.24) is 9.47 Å². The van der Waals surface area contributed by atoms with E-state index in [0.29, 0.717) is 0 Å². The number of benzene rings is 1. The Kier molecular flexibility index (Phi) is 7.81. The molecule has 2 fully saturated rings. The summed E-state index contributed by atoms with van der Waals surface area (Å²) in [6.45, 7) is 11.2. The summed E-state index contributed by atoms with van der Waals surface area (Å²) in [6.07, 6.45) is 6.00. The topological polar surface area (TPSA) is 17.4 Å². The number of ether oxygens (including phenoxy) is 1. The summed E-state index contributed by atoms with van der Waals surface area (Å²) in [5, 5.41) is 1.33. The van der Waals surface area contributed by atoms with Crippen LogP contribution in [0, 0.1) is 6.92 Å². The van der Waals surface area contributed by atoms with Gasteiger partial charge in [0.25, 0.3) is 0 Å². The Labute approximate surface area is 195 Å². The first-order valence-electron chi connectivity index (χ1n) is 11.4. The first kappa shape index (κ1) is 22.5. The zero-order chi connectivity index (χ0) is 21.6. The molecule has 0 atom stereocenters. The zero-order valence-electron chi connectivity index (χ0n) is 18.9. The van der Waals surface area contributed by atoms with E-state index in [2.05, 4.69) is 59.0 Å². The van der Waals surface area contributed by atoms with Gasteiger partial charge < -0.3 is 9.30 Å². The van der Waals surface area contributed by atoms with Gasteiger partial charge in [-0.2, -0.15) is 11.8 Å². The molecule has 31 heavy (non-hydrogen) atoms. The highest BCUT2D eigenvalue weighted by Crippen LogP contribution is 2.35. The minimum Gasteiger partial charge on any atom is -0.497 e. The molecule has 1 saturated heterocycles. The van der Waals surface area contributed by atoms with Gasteiger partial charge >= 0.3 is 0 Å². The zero-order valence-corrected chi connectivity index (χ0v) is 20.5. The molecule has 166 valence electrons. The Morgan fingerprint density at radius 3 is 2.29 bits per heavy atom. The number of hydrogen-bond acceptors (Lipinski definition) is 4. The van der Waals surface area contributed by atoms with Gasteiger partial charge in [0, 0.05) is 53.6 Å². The van der Waals surface area contributed by atoms with E-state index in [9.17, 15) is 0 Å². The maximum absolute atomic E-state index is 5.26. The summed E-state index contributed by atoms with van der Waals surface area (Å²) in [5.41, 5.74) is 3.58. The van der Waals surface area contributed by atoms with Crippen LogP contribution < -0.4 is 4.74 Å². The van der Waals surface area contributed by atoms with E-state index in [4.69, 9.17) is 4.74 Å². The summed E-state index contributed by atoms with van der Waals surface area (Å²) < 4.78 is 7.74. The number of aryl methyl sites for hydroxylation is 1. The molecule has 5 rings (SSSR count). The first-order valence-corrected chi connectivity index (χ1v) is 13.4. The number of fused-ring (bicyclic) bond motifs is 1. The smallest absolute Gasteiger partial charge is 0.118 e. The molecule has 3 heterocycles. The minimum atomic E-state index is 0.876. The monoisotopic (exact) mass is 454 g/mol. The van der Waals surface area contributed by atoms with Crippen LogP contribution in [-0.2, 0) is 6.54 Å². The molecule has 3 nitrogen and oxygen atoms in total. The maximum atomic E-state index is 5.26. The van der Waals surface area contributed by atoms with Crippen molar-refractivity contribution in [3.05, 3.63) is 59.1 Å². The third-order valence-corrected chi connectivity index (χ3v) is 8.43. The van der Waals surface area contributed by atoms with Crippen LogP contribution in [0.25, 0.3) is 15.8 Å². The third kappa shape index (κ3) is 5.57. The highest BCUT2D eigenvalue weighted by Gasteiger charge is 2.15. The standard InChI is InChI=1S/C22H26N2OS2.C4H8/c1-16-14-19-15-21(17(2)18-4-6-20(25-3)7-5-18)27-22(19)24(16)9-8-23-10-12-26-13-11-23;1-2-4-3-1/h4-7,14-15H,2,8-13H2,1,3H3;1-4H2. The lowest BCUT2D eigenvalue weighted by Gasteiger charge is -2.26. The van der Waals surface area contributed by atoms with E-state index in [0.717, 1.165) is 30.0 Å². The average molecular weight is 455 g/mol. The Morgan fingerprint density at radius 2 is 1.68 bits per heavy atom. The molecular formula is C26H34N2OS2. The predicted molar refractivity (Wildman–Crippen MR) is 138 cm³/mol. The van der Waals surface area contributed by atoms with E-state index in [1.54, 1.807) is 7.11 Å². The largest absolute Gasteiger partial charge is 0.497 e. The van der Waals surface area contributed by atoms with E-state index in [1.165, 1.54) is 71.1 Å². The van der Waals surface area contributed by atoms with Crippen molar-refractivity contribution in [2.75, 3.05) is 38.2 Å². The van der Waals surface area contributed by atoms with E-state index >= 15 is 0 Å². The van der Waals surface area contributed by atoms with Crippen LogP contribution in [0.5, 0.6) is 5.75 Å². The fraction of sp³-hybridized carbons (Fsp3) is 0.462. The molecule has 0 amide bonds. The minimum absolute atomic E-state index is 0.876. The predicted octanol–water partition coefficient (Wildman–Crippen LogP) is 6.69. The van der Waals surface area contributed by atoms with Gasteiger partial charge in [0.05, 0.1) is 7.11 Å². The second-order valence-electron chi connectivity index (χ2n) is 8.38. The van der Waals surface area contributed by atoms with Crippen molar-refractivity contribution in [3.63, 3.8) is 0 Å². The van der Waals surface area contributed by atoms with Crippen LogP contribution in [0.1, 0.15) is 41.8 Å². The van der Waals surface area contributed by atoms with Crippen molar-refractivity contribution in [2.45, 2.75) is 39.2 Å². The van der Waals surface area contributed by atoms with Gasteiger partial charge in [0.1, 0.15) is 10.6 Å². The summed E-state index contributed by atoms with van der Waals surface area (Å²) in [7, 11) is 1.69. The van der Waals surface area contributed by atoms with E-state index < -0.39 is 0 Å². The Bertz CT molecular complexity index is 989. The van der Waals surface area contributed by atoms with Crippen molar-refractivity contribution in [3.8, 4) is 5.75 Å². The van der Waals surface area contributed by atoms with Gasteiger partial charge in [0.15, 0.2) is 0 Å². The van der Waals surface area contributed by atoms with Gasteiger partial charge in [-0.25, -0.2) is 0 Å². The Balaban J connectivity index is 0.000000520. The van der Waals surface area contributed by atoms with Crippen molar-refractivity contribution in [2.24, 2.45) is 0 Å². The lowest BCUT2D eigenvalue weighted by molar-refractivity contribution is 0.290. The summed E-state index contributed by atoms with van der Waals surface area (Å²) in [5.74, 6) is 3.41. The Morgan fingerprint density at radius 1 is 1.00 bits per heavy atom. The van der Waals surface area contributed by atoms with E-state index in [1.807, 2.05) is 23.5 Å². The van der Waals surface area contributed by atoms with Gasteiger partial charge in [-0.15, -0.1) is 11.3 Å². The molecule has 0 spiro atoms. The first-order chi connectivity index (χ1) is 15.2. The van der Waals surface area contributed by atoms with E-state index in [-0.39, 0.29) is 0 Å². The lowest BCUT2D eigenvalue weighted by Crippen LogP contribution is -2.35. The molecule has 1 saturated carbocycles. The number of hydrogen-bond donors (Lipinski definition) is 0. The molecule has 0 bridgehead atoms. The number of rotatable bonds is 6. The molecule has 1 aliphatic carbocycles. The number of nitrogens with zero attached hydrogens (tertiary/aromatic N) is 2. The van der Waals surface area contributed by atoms with Crippen LogP contribution in [0.4, 0.5) is 0 Å². The number of thioether (sulfide) groups is 1. The van der Waals surface area contributed by atoms with Gasteiger partial charge in [-0.05, 0) is 42.3 Å². The highest BCUT2D eigenvalue weighted by molar-refractivity contribution is 7.99. The summed E-state index contributed by atoms with van der Waals surface area (Å²) >= 11 is 3.92. The van der Waals surface area contributed by atoms with Crippen LogP contribution in [0.3, 0.4) is 0 Å². The summed E-state index contributed by atoms with van der Waals surface area (Å²) in [4.78, 5) is 5.20. The van der Waals surface area contributed by atoms with Crippen LogP contribution in [0.15, 0.2) is 43.0 Å². The third-order valence-electron chi connectivity index (χ3n) is 6.25. The fourth-order valence-corrected chi connectivity index (χ4v) is 6.05. The number of thiophene rings is 1. The van der Waals surface area contributed by atoms with Gasteiger partial charge in [-0.1, -0.05) is 44.4 Å². The molecule has 0 radical (unpaired) electrons. The molecule has 1 aromatic carbocycles. The average Bonchev–Trinajstić information content (AvgIpc) is 3.28. The molecule has 5 heteroatoms. The van der Waals surface area contributed by atoms with Gasteiger partial charge in [-0.3, -0.25) is 4.90 Å². The van der Waals surface area contributed by atoms with Crippen molar-refractivity contribution >= 4 is 38.9 Å². The summed E-state index contributed by atoms with van der Waals surface area (Å²) in [6, 6.07) is 12.7. The lowest BCUT2D eigenvalue weighted by atomic mass is 10.0. The normalized spacial score (nSPS) is 16.5. The molecular weight excluding hydrogens is 420 g/mol.